The van der Waals surface area contributed by atoms with Crippen molar-refractivity contribution in [2.24, 2.45) is 4.99 Å². The van der Waals surface area contributed by atoms with Crippen LogP contribution in [0.2, 0.25) is 0 Å². The van der Waals surface area contributed by atoms with E-state index in [0.29, 0.717) is 17.9 Å². The fourth-order valence-electron chi connectivity index (χ4n) is 2.94. The molecule has 0 fully saturated rings. The van der Waals surface area contributed by atoms with E-state index < -0.39 is 0 Å². The Morgan fingerprint density at radius 1 is 0.840 bits per heavy atom. The Kier molecular flexibility index (Phi) is 3.86. The normalized spacial score (nSPS) is 14.8. The molecule has 0 aromatic heterocycles. The number of fused-ring (bicyclic) bond motifs is 1. The molecular weight excluding hydrogens is 315 g/mol. The summed E-state index contributed by atoms with van der Waals surface area (Å²) in [6.07, 6.45) is 0. The molecule has 25 heavy (non-hydrogen) atoms. The zero-order chi connectivity index (χ0) is 17.2. The zero-order valence-corrected chi connectivity index (χ0v) is 13.4. The van der Waals surface area contributed by atoms with Gasteiger partial charge in [0.05, 0.1) is 17.9 Å². The molecule has 0 radical (unpaired) electrons. The molecule has 0 saturated carbocycles. The van der Waals surface area contributed by atoms with Crippen molar-refractivity contribution in [3.8, 4) is 0 Å². The van der Waals surface area contributed by atoms with E-state index in [9.17, 15) is 9.18 Å². The first-order valence-electron chi connectivity index (χ1n) is 8.02. The van der Waals surface area contributed by atoms with Crippen LogP contribution in [0.3, 0.4) is 0 Å². The van der Waals surface area contributed by atoms with Crippen molar-refractivity contribution >= 4 is 23.0 Å². The van der Waals surface area contributed by atoms with Crippen molar-refractivity contribution < 1.29 is 9.18 Å². The van der Waals surface area contributed by atoms with E-state index in [0.717, 1.165) is 16.8 Å². The SMILES string of the molecule is O=C1C(=Nc2ccc(F)cc2)c2ccccc2N1Cc1ccccc1. The Balaban J connectivity index is 1.74. The Morgan fingerprint density at radius 3 is 2.28 bits per heavy atom. The predicted molar refractivity (Wildman–Crippen MR) is 96.7 cm³/mol. The summed E-state index contributed by atoms with van der Waals surface area (Å²) in [5.74, 6) is -0.470. The highest BCUT2D eigenvalue weighted by molar-refractivity contribution is 6.54. The van der Waals surface area contributed by atoms with Crippen molar-refractivity contribution in [3.05, 3.63) is 95.8 Å². The van der Waals surface area contributed by atoms with Gasteiger partial charge in [-0.15, -0.1) is 0 Å². The van der Waals surface area contributed by atoms with E-state index >= 15 is 0 Å². The average molecular weight is 330 g/mol. The largest absolute Gasteiger partial charge is 0.302 e. The summed E-state index contributed by atoms with van der Waals surface area (Å²) in [6, 6.07) is 23.3. The summed E-state index contributed by atoms with van der Waals surface area (Å²) in [6.45, 7) is 0.485. The molecule has 1 aliphatic rings. The highest BCUT2D eigenvalue weighted by Crippen LogP contribution is 2.32. The average Bonchev–Trinajstić information content (AvgIpc) is 2.90. The van der Waals surface area contributed by atoms with E-state index in [1.165, 1.54) is 12.1 Å². The van der Waals surface area contributed by atoms with E-state index in [2.05, 4.69) is 4.99 Å². The lowest BCUT2D eigenvalue weighted by Gasteiger charge is -2.16. The number of para-hydroxylation sites is 1. The van der Waals surface area contributed by atoms with Gasteiger partial charge < -0.3 is 4.90 Å². The second-order valence-electron chi connectivity index (χ2n) is 5.83. The minimum Gasteiger partial charge on any atom is -0.302 e. The molecule has 4 heteroatoms. The molecular formula is C21H15FN2O. The lowest BCUT2D eigenvalue weighted by atomic mass is 10.1. The number of aliphatic imine (C=N–C) groups is 1. The number of rotatable bonds is 3. The summed E-state index contributed by atoms with van der Waals surface area (Å²) in [5, 5.41) is 0. The standard InChI is InChI=1S/C21H15FN2O/c22-16-10-12-17(13-11-16)23-20-18-8-4-5-9-19(18)24(21(20)25)14-15-6-2-1-3-7-15/h1-13H,14H2. The predicted octanol–water partition coefficient (Wildman–Crippen LogP) is 4.49. The molecule has 1 heterocycles. The van der Waals surface area contributed by atoms with Crippen LogP contribution in [0.15, 0.2) is 83.9 Å². The van der Waals surface area contributed by atoms with Crippen LogP contribution >= 0.6 is 0 Å². The Hall–Kier alpha value is -3.27. The van der Waals surface area contributed by atoms with Gasteiger partial charge in [-0.05, 0) is 35.9 Å². The third-order valence-corrected chi connectivity index (χ3v) is 4.15. The molecule has 0 aliphatic carbocycles. The van der Waals surface area contributed by atoms with Gasteiger partial charge in [-0.25, -0.2) is 9.38 Å². The molecule has 0 spiro atoms. The molecule has 0 bridgehead atoms. The first kappa shape index (κ1) is 15.3. The molecule has 0 saturated heterocycles. The monoisotopic (exact) mass is 330 g/mol. The number of halogens is 1. The van der Waals surface area contributed by atoms with Crippen molar-refractivity contribution in [1.82, 2.24) is 0 Å². The summed E-state index contributed by atoms with van der Waals surface area (Å²) in [5.41, 5.74) is 3.64. The topological polar surface area (TPSA) is 32.7 Å². The van der Waals surface area contributed by atoms with Gasteiger partial charge in [-0.3, -0.25) is 4.79 Å². The van der Waals surface area contributed by atoms with Crippen LogP contribution in [-0.4, -0.2) is 11.6 Å². The summed E-state index contributed by atoms with van der Waals surface area (Å²) in [7, 11) is 0. The highest BCUT2D eigenvalue weighted by atomic mass is 19.1. The van der Waals surface area contributed by atoms with Gasteiger partial charge in [0.2, 0.25) is 0 Å². The molecule has 1 amide bonds. The molecule has 122 valence electrons. The second-order valence-corrected chi connectivity index (χ2v) is 5.83. The minimum absolute atomic E-state index is 0.144. The second kappa shape index (κ2) is 6.32. The van der Waals surface area contributed by atoms with E-state index in [1.807, 2.05) is 54.6 Å². The van der Waals surface area contributed by atoms with Crippen LogP contribution in [0.4, 0.5) is 15.8 Å². The molecule has 1 aliphatic heterocycles. The summed E-state index contributed by atoms with van der Waals surface area (Å²) >= 11 is 0. The van der Waals surface area contributed by atoms with Crippen molar-refractivity contribution in [2.75, 3.05) is 4.90 Å². The molecule has 3 aromatic carbocycles. The van der Waals surface area contributed by atoms with Gasteiger partial charge in [0.15, 0.2) is 0 Å². The van der Waals surface area contributed by atoms with Crippen LogP contribution in [0.5, 0.6) is 0 Å². The quantitative estimate of drug-likeness (QED) is 0.696. The first-order valence-corrected chi connectivity index (χ1v) is 8.02. The van der Waals surface area contributed by atoms with E-state index in [4.69, 9.17) is 0 Å². The first-order chi connectivity index (χ1) is 12.2. The Morgan fingerprint density at radius 2 is 1.52 bits per heavy atom. The molecule has 0 N–H and O–H groups in total. The fraction of sp³-hybridized carbons (Fsp3) is 0.0476. The smallest absolute Gasteiger partial charge is 0.277 e. The third-order valence-electron chi connectivity index (χ3n) is 4.15. The van der Waals surface area contributed by atoms with Gasteiger partial charge in [0.25, 0.3) is 5.91 Å². The number of anilines is 1. The number of carbonyl (C=O) groups excluding carboxylic acids is 1. The number of hydrogen-bond donors (Lipinski definition) is 0. The molecule has 4 rings (SSSR count). The number of hydrogen-bond acceptors (Lipinski definition) is 2. The van der Waals surface area contributed by atoms with Gasteiger partial charge >= 0.3 is 0 Å². The van der Waals surface area contributed by atoms with Crippen LogP contribution in [0.25, 0.3) is 0 Å². The number of amides is 1. The molecule has 0 unspecified atom stereocenters. The lowest BCUT2D eigenvalue weighted by molar-refractivity contribution is -0.112. The third kappa shape index (κ3) is 2.94. The van der Waals surface area contributed by atoms with Crippen LogP contribution in [-0.2, 0) is 11.3 Å². The van der Waals surface area contributed by atoms with Gasteiger partial charge in [-0.1, -0.05) is 48.5 Å². The summed E-state index contributed by atoms with van der Waals surface area (Å²) in [4.78, 5) is 19.2. The van der Waals surface area contributed by atoms with Gasteiger partial charge in [-0.2, -0.15) is 0 Å². The van der Waals surface area contributed by atoms with Crippen LogP contribution < -0.4 is 4.90 Å². The zero-order valence-electron chi connectivity index (χ0n) is 13.4. The maximum Gasteiger partial charge on any atom is 0.277 e. The van der Waals surface area contributed by atoms with Crippen LogP contribution in [0.1, 0.15) is 11.1 Å². The lowest BCUT2D eigenvalue weighted by Crippen LogP contribution is -2.29. The highest BCUT2D eigenvalue weighted by Gasteiger charge is 2.33. The van der Waals surface area contributed by atoms with Crippen molar-refractivity contribution in [2.45, 2.75) is 6.54 Å². The van der Waals surface area contributed by atoms with Gasteiger partial charge in [0, 0.05) is 5.56 Å². The molecule has 3 nitrogen and oxygen atoms in total. The van der Waals surface area contributed by atoms with Crippen molar-refractivity contribution in [1.29, 1.82) is 0 Å². The fourth-order valence-corrected chi connectivity index (χ4v) is 2.94. The molecule has 0 atom stereocenters. The molecule has 3 aromatic rings. The van der Waals surface area contributed by atoms with Crippen molar-refractivity contribution in [3.63, 3.8) is 0 Å². The van der Waals surface area contributed by atoms with E-state index in [1.54, 1.807) is 17.0 Å². The minimum atomic E-state index is -0.326. The Bertz CT molecular complexity index is 949. The summed E-state index contributed by atoms with van der Waals surface area (Å²) < 4.78 is 13.1. The maximum absolute atomic E-state index is 13.1. The number of benzene rings is 3. The van der Waals surface area contributed by atoms with Gasteiger partial charge in [0.1, 0.15) is 11.5 Å². The maximum atomic E-state index is 13.1. The number of carbonyl (C=O) groups is 1. The van der Waals surface area contributed by atoms with Crippen LogP contribution in [0, 0.1) is 5.82 Å². The number of nitrogens with zero attached hydrogens (tertiary/aromatic N) is 2. The van der Waals surface area contributed by atoms with E-state index in [-0.39, 0.29) is 11.7 Å². The Labute approximate surface area is 145 Å².